The number of primary amides is 2. The fourth-order valence-electron chi connectivity index (χ4n) is 2.58. The van der Waals surface area contributed by atoms with Crippen LogP contribution in [-0.4, -0.2) is 75.9 Å². The predicted octanol–water partition coefficient (Wildman–Crippen LogP) is -3.88. The summed E-state index contributed by atoms with van der Waals surface area (Å²) in [6, 6.07) is -5.78. The molecule has 186 valence electrons. The van der Waals surface area contributed by atoms with E-state index in [1.54, 1.807) is 0 Å². The number of hydrogen-bond donors (Lipinski definition) is 8. The smallest absolute Gasteiger partial charge is 0.326 e. The minimum Gasteiger partial charge on any atom is -0.481 e. The Hall–Kier alpha value is -3.75. The number of nitrogens with two attached hydrogens (primary N) is 3. The van der Waals surface area contributed by atoms with Gasteiger partial charge in [0.15, 0.2) is 0 Å². The highest BCUT2D eigenvalue weighted by Crippen LogP contribution is 2.07. The minimum atomic E-state index is -1.64. The highest BCUT2D eigenvalue weighted by Gasteiger charge is 2.32. The molecule has 0 bridgehead atoms. The average molecular weight is 474 g/mol. The normalized spacial score (nSPS) is 14.3. The van der Waals surface area contributed by atoms with E-state index in [4.69, 9.17) is 27.4 Å². The lowest BCUT2D eigenvalue weighted by atomic mass is 10.0. The van der Waals surface area contributed by atoms with Gasteiger partial charge < -0.3 is 43.4 Å². The van der Waals surface area contributed by atoms with Crippen molar-refractivity contribution in [3.63, 3.8) is 0 Å². The minimum absolute atomic E-state index is 0.373. The van der Waals surface area contributed by atoms with Crippen LogP contribution in [0.15, 0.2) is 0 Å². The van der Waals surface area contributed by atoms with E-state index in [-0.39, 0.29) is 6.42 Å². The van der Waals surface area contributed by atoms with E-state index in [2.05, 4.69) is 16.0 Å². The first-order valence-electron chi connectivity index (χ1n) is 9.83. The SMILES string of the molecule is CC(C)C(NC(=O)C(CCC(=O)O)NC(=O)C(N)CC(N)=O)C(=O)NC(CC(N)=O)C(=O)O. The van der Waals surface area contributed by atoms with E-state index in [0.29, 0.717) is 0 Å². The highest BCUT2D eigenvalue weighted by molar-refractivity contribution is 5.95. The molecule has 5 amide bonds. The molecule has 0 aliphatic heterocycles. The van der Waals surface area contributed by atoms with Gasteiger partial charge in [-0.25, -0.2) is 4.79 Å². The zero-order valence-corrected chi connectivity index (χ0v) is 18.2. The lowest BCUT2D eigenvalue weighted by Crippen LogP contribution is -2.58. The van der Waals surface area contributed by atoms with Crippen molar-refractivity contribution in [2.45, 2.75) is 63.7 Å². The molecule has 0 aromatic rings. The monoisotopic (exact) mass is 474 g/mol. The molecule has 0 aliphatic carbocycles. The summed E-state index contributed by atoms with van der Waals surface area (Å²) in [7, 11) is 0. The molecule has 15 heteroatoms. The van der Waals surface area contributed by atoms with Crippen molar-refractivity contribution in [2.75, 3.05) is 0 Å². The van der Waals surface area contributed by atoms with E-state index in [0.717, 1.165) is 0 Å². The van der Waals surface area contributed by atoms with Gasteiger partial charge in [-0.1, -0.05) is 13.8 Å². The van der Waals surface area contributed by atoms with Gasteiger partial charge in [-0.05, 0) is 12.3 Å². The number of carboxylic acids is 2. The number of rotatable bonds is 15. The maximum atomic E-state index is 12.7. The van der Waals surface area contributed by atoms with E-state index >= 15 is 0 Å². The molecule has 11 N–H and O–H groups in total. The summed E-state index contributed by atoms with van der Waals surface area (Å²) in [5.41, 5.74) is 15.5. The van der Waals surface area contributed by atoms with Gasteiger partial charge in [-0.2, -0.15) is 0 Å². The van der Waals surface area contributed by atoms with E-state index in [1.165, 1.54) is 13.8 Å². The Morgan fingerprint density at radius 3 is 1.70 bits per heavy atom. The Morgan fingerprint density at radius 1 is 0.758 bits per heavy atom. The number of carbonyl (C=O) groups is 7. The molecule has 33 heavy (non-hydrogen) atoms. The molecule has 0 saturated heterocycles. The van der Waals surface area contributed by atoms with Gasteiger partial charge in [0.25, 0.3) is 0 Å². The molecule has 0 saturated carbocycles. The zero-order chi connectivity index (χ0) is 25.9. The Bertz CT molecular complexity index is 785. The molecule has 0 fully saturated rings. The Kier molecular flexibility index (Phi) is 12.1. The van der Waals surface area contributed by atoms with Crippen molar-refractivity contribution < 1.29 is 43.8 Å². The summed E-state index contributed by atoms with van der Waals surface area (Å²) in [4.78, 5) is 81.6. The summed E-state index contributed by atoms with van der Waals surface area (Å²) in [6.07, 6.45) is -2.11. The first-order chi connectivity index (χ1) is 15.1. The standard InChI is InChI=1S/C18H30N6O9/c1-7(2)14(17(31)23-10(18(32)33)6-12(21)26)24-16(30)9(3-4-13(27)28)22-15(29)8(19)5-11(20)25/h7-10,14H,3-6,19H2,1-2H3,(H2,20,25)(H2,21,26)(H,22,29)(H,23,31)(H,24,30)(H,27,28)(H,32,33). The van der Waals surface area contributed by atoms with Gasteiger partial charge in [0.1, 0.15) is 18.1 Å². The molecule has 0 spiro atoms. The lowest BCUT2D eigenvalue weighted by molar-refractivity contribution is -0.144. The third kappa shape index (κ3) is 11.4. The average Bonchev–Trinajstić information content (AvgIpc) is 2.66. The molecular weight excluding hydrogens is 444 g/mol. The molecule has 15 nitrogen and oxygen atoms in total. The second-order valence-corrected chi connectivity index (χ2v) is 7.57. The second kappa shape index (κ2) is 13.6. The predicted molar refractivity (Wildman–Crippen MR) is 111 cm³/mol. The summed E-state index contributed by atoms with van der Waals surface area (Å²) in [5, 5.41) is 24.7. The topological polar surface area (TPSA) is 274 Å². The number of aliphatic carboxylic acids is 2. The molecular formula is C18H30N6O9. The maximum Gasteiger partial charge on any atom is 0.326 e. The first-order valence-corrected chi connectivity index (χ1v) is 9.83. The van der Waals surface area contributed by atoms with Gasteiger partial charge in [-0.3, -0.25) is 28.8 Å². The van der Waals surface area contributed by atoms with E-state index < -0.39 is 90.8 Å². The van der Waals surface area contributed by atoms with Gasteiger partial charge in [0, 0.05) is 6.42 Å². The van der Waals surface area contributed by atoms with Crippen molar-refractivity contribution in [3.8, 4) is 0 Å². The van der Waals surface area contributed by atoms with Crippen LogP contribution in [0.2, 0.25) is 0 Å². The van der Waals surface area contributed by atoms with Crippen LogP contribution in [0.5, 0.6) is 0 Å². The van der Waals surface area contributed by atoms with Crippen molar-refractivity contribution >= 4 is 41.5 Å². The fourth-order valence-corrected chi connectivity index (χ4v) is 2.58. The number of amides is 5. The number of carbonyl (C=O) groups excluding carboxylic acids is 5. The Balaban J connectivity index is 5.52. The molecule has 0 aromatic heterocycles. The van der Waals surface area contributed by atoms with Gasteiger partial charge in [0.05, 0.1) is 18.9 Å². The van der Waals surface area contributed by atoms with Crippen LogP contribution in [0, 0.1) is 5.92 Å². The van der Waals surface area contributed by atoms with Crippen LogP contribution >= 0.6 is 0 Å². The van der Waals surface area contributed by atoms with Crippen molar-refractivity contribution in [1.82, 2.24) is 16.0 Å². The van der Waals surface area contributed by atoms with Gasteiger partial charge in [0.2, 0.25) is 29.5 Å². The van der Waals surface area contributed by atoms with E-state index in [9.17, 15) is 33.6 Å². The van der Waals surface area contributed by atoms with Crippen molar-refractivity contribution in [3.05, 3.63) is 0 Å². The number of nitrogens with one attached hydrogen (secondary N) is 3. The summed E-state index contributed by atoms with van der Waals surface area (Å²) in [5.74, 6) is -8.06. The van der Waals surface area contributed by atoms with E-state index in [1.807, 2.05) is 0 Å². The molecule has 0 aromatic carbocycles. The number of hydrogen-bond acceptors (Lipinski definition) is 8. The van der Waals surface area contributed by atoms with Crippen LogP contribution in [0.3, 0.4) is 0 Å². The molecule has 0 aliphatic rings. The summed E-state index contributed by atoms with van der Waals surface area (Å²) in [6.45, 7) is 3.06. The fraction of sp³-hybridized carbons (Fsp3) is 0.611. The molecule has 4 unspecified atom stereocenters. The lowest BCUT2D eigenvalue weighted by Gasteiger charge is -2.26. The molecule has 0 radical (unpaired) electrons. The Morgan fingerprint density at radius 2 is 1.27 bits per heavy atom. The molecule has 4 atom stereocenters. The van der Waals surface area contributed by atoms with Crippen LogP contribution in [0.25, 0.3) is 0 Å². The van der Waals surface area contributed by atoms with Crippen LogP contribution in [-0.2, 0) is 33.6 Å². The first kappa shape index (κ1) is 29.2. The van der Waals surface area contributed by atoms with Gasteiger partial charge >= 0.3 is 11.9 Å². The van der Waals surface area contributed by atoms with Crippen LogP contribution in [0.1, 0.15) is 39.5 Å². The quantitative estimate of drug-likeness (QED) is 0.114. The third-order valence-corrected chi connectivity index (χ3v) is 4.30. The maximum absolute atomic E-state index is 12.7. The van der Waals surface area contributed by atoms with Crippen LogP contribution in [0.4, 0.5) is 0 Å². The van der Waals surface area contributed by atoms with Crippen molar-refractivity contribution in [1.29, 1.82) is 0 Å². The Labute approximate surface area is 188 Å². The van der Waals surface area contributed by atoms with Crippen LogP contribution < -0.4 is 33.2 Å². The zero-order valence-electron chi connectivity index (χ0n) is 18.2. The summed E-state index contributed by atoms with van der Waals surface area (Å²) < 4.78 is 0. The third-order valence-electron chi connectivity index (χ3n) is 4.30. The second-order valence-electron chi connectivity index (χ2n) is 7.57. The highest BCUT2D eigenvalue weighted by atomic mass is 16.4. The van der Waals surface area contributed by atoms with Crippen molar-refractivity contribution in [2.24, 2.45) is 23.1 Å². The molecule has 0 rings (SSSR count). The number of carboxylic acid groups (broad SMARTS) is 2. The summed E-state index contributed by atoms with van der Waals surface area (Å²) >= 11 is 0. The molecule has 0 heterocycles. The largest absolute Gasteiger partial charge is 0.481 e. The van der Waals surface area contributed by atoms with Gasteiger partial charge in [-0.15, -0.1) is 0 Å².